The average Bonchev–Trinajstić information content (AvgIpc) is 2.77. The molecular formula is C30H42N2O3. The van der Waals surface area contributed by atoms with Crippen LogP contribution in [0.25, 0.3) is 0 Å². The summed E-state index contributed by atoms with van der Waals surface area (Å²) in [5, 5.41) is 9.74. The molecule has 4 saturated carbocycles. The van der Waals surface area contributed by atoms with E-state index >= 15 is 0 Å². The minimum absolute atomic E-state index is 0.00428. The number of rotatable bonds is 1. The van der Waals surface area contributed by atoms with Crippen molar-refractivity contribution < 1.29 is 14.4 Å². The highest BCUT2D eigenvalue weighted by Crippen LogP contribution is 2.75. The van der Waals surface area contributed by atoms with Gasteiger partial charge in [-0.1, -0.05) is 47.6 Å². The van der Waals surface area contributed by atoms with Crippen molar-refractivity contribution in [3.05, 3.63) is 11.6 Å². The molecule has 190 valence electrons. The van der Waals surface area contributed by atoms with Crippen LogP contribution in [0.3, 0.4) is 0 Å². The number of primary amides is 1. The summed E-state index contributed by atoms with van der Waals surface area (Å²) in [6.45, 7) is 13.4. The van der Waals surface area contributed by atoms with Crippen molar-refractivity contribution in [3.63, 3.8) is 0 Å². The lowest BCUT2D eigenvalue weighted by atomic mass is 9.32. The molecular weight excluding hydrogens is 436 g/mol. The fourth-order valence-corrected chi connectivity index (χ4v) is 10.4. The van der Waals surface area contributed by atoms with Gasteiger partial charge in [0.2, 0.25) is 5.91 Å². The molecule has 4 unspecified atom stereocenters. The van der Waals surface area contributed by atoms with Gasteiger partial charge in [0.1, 0.15) is 11.9 Å². The monoisotopic (exact) mass is 478 g/mol. The Morgan fingerprint density at radius 3 is 2.29 bits per heavy atom. The predicted octanol–water partition coefficient (Wildman–Crippen LogP) is 5.38. The van der Waals surface area contributed by atoms with Crippen molar-refractivity contribution in [1.29, 1.82) is 5.26 Å². The summed E-state index contributed by atoms with van der Waals surface area (Å²) in [4.78, 5) is 40.1. The molecule has 0 aliphatic heterocycles. The zero-order valence-corrected chi connectivity index (χ0v) is 22.4. The number of carbonyl (C=O) groups excluding carboxylic acids is 3. The maximum Gasteiger partial charge on any atom is 0.223 e. The van der Waals surface area contributed by atoms with Gasteiger partial charge in [0.15, 0.2) is 5.78 Å². The Hall–Kier alpha value is -1.96. The van der Waals surface area contributed by atoms with E-state index in [4.69, 9.17) is 5.73 Å². The predicted molar refractivity (Wildman–Crippen MR) is 133 cm³/mol. The number of carbonyl (C=O) groups is 3. The van der Waals surface area contributed by atoms with E-state index in [9.17, 15) is 19.6 Å². The van der Waals surface area contributed by atoms with Crippen molar-refractivity contribution in [2.75, 3.05) is 0 Å². The molecule has 5 nitrogen and oxygen atoms in total. The van der Waals surface area contributed by atoms with Gasteiger partial charge in [-0.2, -0.15) is 5.26 Å². The standard InChI is InChI=1S/C30H42N2O3/c1-17-19-7-8-28(5)22(27(19,4)14-18(16-31)24(17)34)13-21(33)23-20-15-26(2,3)9-11-30(20,25(32)35)12-10-29(23,28)6/h14,17,19-20,22-23H,7-13,15H2,1-6H3,(H2,32,35)/t17-,19?,20?,22?,23?,27-,28+,29+,30-/m0/s1. The van der Waals surface area contributed by atoms with Gasteiger partial charge in [0.25, 0.3) is 0 Å². The third-order valence-corrected chi connectivity index (χ3v) is 12.6. The van der Waals surface area contributed by atoms with E-state index in [1.165, 1.54) is 0 Å². The highest BCUT2D eigenvalue weighted by molar-refractivity contribution is 6.02. The van der Waals surface area contributed by atoms with Crippen LogP contribution in [0.4, 0.5) is 0 Å². The summed E-state index contributed by atoms with van der Waals surface area (Å²) >= 11 is 0. The molecule has 35 heavy (non-hydrogen) atoms. The lowest BCUT2D eigenvalue weighted by Crippen LogP contribution is -2.69. The van der Waals surface area contributed by atoms with Crippen LogP contribution in [0.5, 0.6) is 0 Å². The fourth-order valence-electron chi connectivity index (χ4n) is 10.4. The number of amides is 1. The number of nitriles is 1. The van der Waals surface area contributed by atoms with Crippen molar-refractivity contribution in [3.8, 4) is 6.07 Å². The van der Waals surface area contributed by atoms with Crippen LogP contribution in [-0.2, 0) is 14.4 Å². The molecule has 9 atom stereocenters. The second-order valence-electron chi connectivity index (χ2n) is 14.4. The van der Waals surface area contributed by atoms with E-state index in [1.807, 2.05) is 13.0 Å². The molecule has 0 aromatic heterocycles. The number of hydrogen-bond acceptors (Lipinski definition) is 4. The molecule has 0 spiro atoms. The van der Waals surface area contributed by atoms with E-state index in [1.54, 1.807) is 0 Å². The van der Waals surface area contributed by atoms with Gasteiger partial charge in [0.05, 0.1) is 11.0 Å². The minimum atomic E-state index is -0.570. The Morgan fingerprint density at radius 2 is 1.66 bits per heavy atom. The van der Waals surface area contributed by atoms with E-state index in [0.717, 1.165) is 44.9 Å². The topological polar surface area (TPSA) is 101 Å². The number of nitrogens with zero attached hydrogens (tertiary/aromatic N) is 1. The quantitative estimate of drug-likeness (QED) is 0.546. The van der Waals surface area contributed by atoms with Crippen LogP contribution in [-0.4, -0.2) is 17.5 Å². The third-order valence-electron chi connectivity index (χ3n) is 12.6. The number of allylic oxidation sites excluding steroid dienone is 2. The van der Waals surface area contributed by atoms with Crippen LogP contribution in [0, 0.1) is 68.0 Å². The van der Waals surface area contributed by atoms with Gasteiger partial charge < -0.3 is 5.73 Å². The van der Waals surface area contributed by atoms with Crippen molar-refractivity contribution in [2.24, 2.45) is 62.4 Å². The molecule has 5 rings (SSSR count). The summed E-state index contributed by atoms with van der Waals surface area (Å²) in [5.74, 6) is -0.101. The van der Waals surface area contributed by atoms with Crippen LogP contribution in [0.15, 0.2) is 11.6 Å². The zero-order chi connectivity index (χ0) is 25.8. The summed E-state index contributed by atoms with van der Waals surface area (Å²) in [7, 11) is 0. The van der Waals surface area contributed by atoms with Crippen molar-refractivity contribution >= 4 is 17.5 Å². The first kappa shape index (κ1) is 24.7. The number of nitrogens with two attached hydrogens (primary N) is 1. The Labute approximate surface area is 210 Å². The lowest BCUT2D eigenvalue weighted by molar-refractivity contribution is -0.218. The normalized spacial score (nSPS) is 50.5. The molecule has 4 fully saturated rings. The first-order chi connectivity index (χ1) is 16.2. The fraction of sp³-hybridized carbons (Fsp3) is 0.800. The first-order valence-electron chi connectivity index (χ1n) is 13.7. The van der Waals surface area contributed by atoms with E-state index < -0.39 is 5.41 Å². The third kappa shape index (κ3) is 2.95. The number of Topliss-reactive ketones (excluding diaryl/α,β-unsaturated/α-hetero) is 2. The lowest BCUT2D eigenvalue weighted by Gasteiger charge is -2.71. The second-order valence-corrected chi connectivity index (χ2v) is 14.4. The SMILES string of the molecule is C[C@@H]1C(=O)C(C#N)=C[C@@]2(C)C1CC[C@]1(C)C2CC(=O)C2C3CC(C)(C)CC[C@]3(C(N)=O)CC[C@]21C. The van der Waals surface area contributed by atoms with Crippen LogP contribution in [0.1, 0.15) is 92.9 Å². The molecule has 5 aliphatic rings. The van der Waals surface area contributed by atoms with Gasteiger partial charge in [0, 0.05) is 18.3 Å². The van der Waals surface area contributed by atoms with E-state index in [0.29, 0.717) is 6.42 Å². The van der Waals surface area contributed by atoms with Crippen LogP contribution < -0.4 is 5.73 Å². The number of ketones is 2. The molecule has 1 amide bonds. The Balaban J connectivity index is 1.64. The van der Waals surface area contributed by atoms with Gasteiger partial charge in [-0.05, 0) is 84.4 Å². The minimum Gasteiger partial charge on any atom is -0.369 e. The molecule has 2 N–H and O–H groups in total. The highest BCUT2D eigenvalue weighted by atomic mass is 16.1. The van der Waals surface area contributed by atoms with Crippen molar-refractivity contribution in [2.45, 2.75) is 92.9 Å². The molecule has 0 radical (unpaired) electrons. The highest BCUT2D eigenvalue weighted by Gasteiger charge is 2.72. The molecule has 0 heterocycles. The van der Waals surface area contributed by atoms with Crippen LogP contribution in [0.2, 0.25) is 0 Å². The summed E-state index contributed by atoms with van der Waals surface area (Å²) in [5.41, 5.74) is 5.21. The van der Waals surface area contributed by atoms with Gasteiger partial charge in [-0.15, -0.1) is 0 Å². The maximum atomic E-state index is 14.3. The van der Waals surface area contributed by atoms with Gasteiger partial charge >= 0.3 is 0 Å². The summed E-state index contributed by atoms with van der Waals surface area (Å²) in [6, 6.07) is 2.17. The second kappa shape index (κ2) is 7.30. The van der Waals surface area contributed by atoms with E-state index in [-0.39, 0.29) is 74.3 Å². The Bertz CT molecular complexity index is 1080. The Kier molecular flexibility index (Phi) is 5.15. The Morgan fingerprint density at radius 1 is 1.00 bits per heavy atom. The molecule has 0 aromatic carbocycles. The smallest absolute Gasteiger partial charge is 0.223 e. The zero-order valence-electron chi connectivity index (χ0n) is 22.4. The van der Waals surface area contributed by atoms with Crippen molar-refractivity contribution in [1.82, 2.24) is 0 Å². The van der Waals surface area contributed by atoms with Gasteiger partial charge in [-0.3, -0.25) is 14.4 Å². The first-order valence-corrected chi connectivity index (χ1v) is 13.7. The molecule has 0 saturated heterocycles. The van der Waals surface area contributed by atoms with Gasteiger partial charge in [-0.25, -0.2) is 0 Å². The summed E-state index contributed by atoms with van der Waals surface area (Å²) in [6.07, 6.45) is 8.54. The number of fused-ring (bicyclic) bond motifs is 7. The largest absolute Gasteiger partial charge is 0.369 e. The average molecular weight is 479 g/mol. The maximum absolute atomic E-state index is 14.3. The molecule has 5 heteroatoms. The van der Waals surface area contributed by atoms with E-state index in [2.05, 4.69) is 40.7 Å². The summed E-state index contributed by atoms with van der Waals surface area (Å²) < 4.78 is 0. The number of hydrogen-bond donors (Lipinski definition) is 1. The molecule has 0 bridgehead atoms. The molecule has 5 aliphatic carbocycles. The molecule has 0 aromatic rings. The van der Waals surface area contributed by atoms with Crippen LogP contribution >= 0.6 is 0 Å².